The molecule has 9 heteroatoms. The van der Waals surface area contributed by atoms with Crippen molar-refractivity contribution in [2.24, 2.45) is 0 Å². The number of aryl methyl sites for hydroxylation is 1. The van der Waals surface area contributed by atoms with Gasteiger partial charge in [-0.25, -0.2) is 29.3 Å². The van der Waals surface area contributed by atoms with Crippen molar-refractivity contribution in [2.75, 3.05) is 18.9 Å². The second-order valence-corrected chi connectivity index (χ2v) is 8.49. The van der Waals surface area contributed by atoms with Crippen LogP contribution >= 0.6 is 0 Å². The van der Waals surface area contributed by atoms with Crippen molar-refractivity contribution >= 4 is 22.9 Å². The molecule has 0 amide bonds. The Morgan fingerprint density at radius 3 is 2.75 bits per heavy atom. The zero-order valence-electron chi connectivity index (χ0n) is 18.6. The number of hydrogen-bond acceptors (Lipinski definition) is 7. The van der Waals surface area contributed by atoms with E-state index < -0.39 is 5.82 Å². The summed E-state index contributed by atoms with van der Waals surface area (Å²) < 4.78 is 16.8. The summed E-state index contributed by atoms with van der Waals surface area (Å²) >= 11 is 0. The second kappa shape index (κ2) is 7.90. The first-order valence-corrected chi connectivity index (χ1v) is 10.7. The maximum Gasteiger partial charge on any atom is 0.229 e. The highest BCUT2D eigenvalue weighted by Gasteiger charge is 2.17. The smallest absolute Gasteiger partial charge is 0.229 e. The van der Waals surface area contributed by atoms with Gasteiger partial charge in [-0.15, -0.1) is 0 Å². The number of imidazole rings is 1. The van der Waals surface area contributed by atoms with E-state index in [2.05, 4.69) is 61.7 Å². The molecule has 1 aliphatic heterocycles. The van der Waals surface area contributed by atoms with Gasteiger partial charge in [0.1, 0.15) is 17.3 Å². The summed E-state index contributed by atoms with van der Waals surface area (Å²) in [6.07, 6.45) is 3.67. The molecule has 5 rings (SSSR count). The van der Waals surface area contributed by atoms with Gasteiger partial charge in [0.25, 0.3) is 0 Å². The van der Waals surface area contributed by atoms with Gasteiger partial charge in [0.15, 0.2) is 11.5 Å². The Labute approximate surface area is 185 Å². The normalized spacial score (nSPS) is 14.2. The van der Waals surface area contributed by atoms with Crippen molar-refractivity contribution in [1.82, 2.24) is 34.4 Å². The summed E-state index contributed by atoms with van der Waals surface area (Å²) in [4.78, 5) is 24.5. The number of halogens is 1. The maximum absolute atomic E-state index is 14.7. The Morgan fingerprint density at radius 1 is 1.09 bits per heavy atom. The van der Waals surface area contributed by atoms with Crippen LogP contribution in [-0.4, -0.2) is 48.0 Å². The summed E-state index contributed by atoms with van der Waals surface area (Å²) in [5.41, 5.74) is 4.54. The number of nitrogens with zero attached hydrogens (tertiary/aromatic N) is 7. The fourth-order valence-corrected chi connectivity index (χ4v) is 4.24. The number of anilines is 2. The molecular weight excluding hydrogens is 407 g/mol. The molecule has 0 radical (unpaired) electrons. The molecule has 0 bridgehead atoms. The SMILES string of the molecule is Cc1nc2ncc(-c3nc(Nc4ccc5c(n4)CCN(C)C5)ncc3F)cc2n1C(C)C. The Hall–Kier alpha value is -3.46. The average Bonchev–Trinajstić information content (AvgIpc) is 3.10. The zero-order chi connectivity index (χ0) is 22.4. The minimum Gasteiger partial charge on any atom is -0.324 e. The highest BCUT2D eigenvalue weighted by Crippen LogP contribution is 2.27. The lowest BCUT2D eigenvalue weighted by molar-refractivity contribution is 0.310. The lowest BCUT2D eigenvalue weighted by Gasteiger charge is -2.24. The van der Waals surface area contributed by atoms with Gasteiger partial charge in [-0.05, 0) is 45.5 Å². The standard InChI is InChI=1S/C23H25FN8/c1-13(2)32-14(3)27-22-19(32)9-16(10-25-22)21-17(24)11-26-23(30-21)29-20-6-5-15-12-31(4)8-7-18(15)28-20/h5-6,9-11,13H,7-8,12H2,1-4H3,(H,26,28,29,30). The topological polar surface area (TPSA) is 84.7 Å². The van der Waals surface area contributed by atoms with Gasteiger partial charge in [-0.1, -0.05) is 6.07 Å². The second-order valence-electron chi connectivity index (χ2n) is 8.49. The molecule has 0 spiro atoms. The zero-order valence-corrected chi connectivity index (χ0v) is 18.6. The number of hydrogen-bond donors (Lipinski definition) is 1. The van der Waals surface area contributed by atoms with E-state index in [0.29, 0.717) is 17.0 Å². The van der Waals surface area contributed by atoms with Crippen molar-refractivity contribution in [3.63, 3.8) is 0 Å². The van der Waals surface area contributed by atoms with Crippen molar-refractivity contribution in [3.05, 3.63) is 53.5 Å². The van der Waals surface area contributed by atoms with E-state index in [4.69, 9.17) is 4.98 Å². The number of likely N-dealkylation sites (N-methyl/N-ethyl adjacent to an activating group) is 1. The van der Waals surface area contributed by atoms with Gasteiger partial charge in [0.05, 0.1) is 11.7 Å². The van der Waals surface area contributed by atoms with E-state index in [1.807, 2.05) is 19.1 Å². The third-order valence-corrected chi connectivity index (χ3v) is 5.74. The molecule has 0 atom stereocenters. The fourth-order valence-electron chi connectivity index (χ4n) is 4.24. The van der Waals surface area contributed by atoms with Crippen molar-refractivity contribution in [2.45, 2.75) is 39.8 Å². The summed E-state index contributed by atoms with van der Waals surface area (Å²) in [7, 11) is 2.10. The summed E-state index contributed by atoms with van der Waals surface area (Å²) in [5, 5.41) is 3.12. The molecule has 0 saturated heterocycles. The number of rotatable bonds is 4. The van der Waals surface area contributed by atoms with Crippen molar-refractivity contribution < 1.29 is 4.39 Å². The van der Waals surface area contributed by atoms with E-state index in [-0.39, 0.29) is 17.7 Å². The van der Waals surface area contributed by atoms with Crippen molar-refractivity contribution in [1.29, 1.82) is 0 Å². The van der Waals surface area contributed by atoms with Gasteiger partial charge < -0.3 is 14.8 Å². The molecule has 1 aliphatic rings. The molecule has 8 nitrogen and oxygen atoms in total. The Balaban J connectivity index is 1.49. The van der Waals surface area contributed by atoms with Gasteiger partial charge in [0.2, 0.25) is 5.95 Å². The average molecular weight is 433 g/mol. The third kappa shape index (κ3) is 3.69. The minimum absolute atomic E-state index is 0.186. The van der Waals surface area contributed by atoms with Gasteiger partial charge in [0, 0.05) is 43.0 Å². The summed E-state index contributed by atoms with van der Waals surface area (Å²) in [5.74, 6) is 1.30. The largest absolute Gasteiger partial charge is 0.324 e. The highest BCUT2D eigenvalue weighted by atomic mass is 19.1. The monoisotopic (exact) mass is 432 g/mol. The molecular formula is C23H25FN8. The van der Waals surface area contributed by atoms with Crippen LogP contribution in [0.1, 0.15) is 37.0 Å². The molecule has 164 valence electrons. The molecule has 4 aromatic rings. The molecule has 4 aromatic heterocycles. The number of nitrogens with one attached hydrogen (secondary N) is 1. The van der Waals surface area contributed by atoms with E-state index >= 15 is 0 Å². The lowest BCUT2D eigenvalue weighted by atomic mass is 10.1. The van der Waals surface area contributed by atoms with Gasteiger partial charge in [-0.3, -0.25) is 0 Å². The Bertz CT molecular complexity index is 1310. The van der Waals surface area contributed by atoms with Crippen LogP contribution in [0, 0.1) is 12.7 Å². The number of fused-ring (bicyclic) bond motifs is 2. The van der Waals surface area contributed by atoms with Crippen LogP contribution in [0.5, 0.6) is 0 Å². The van der Waals surface area contributed by atoms with Crippen LogP contribution < -0.4 is 5.32 Å². The molecule has 1 N–H and O–H groups in total. The molecule has 32 heavy (non-hydrogen) atoms. The van der Waals surface area contributed by atoms with E-state index in [0.717, 1.165) is 36.5 Å². The Morgan fingerprint density at radius 2 is 1.94 bits per heavy atom. The first kappa shape index (κ1) is 20.4. The van der Waals surface area contributed by atoms with Crippen LogP contribution in [0.25, 0.3) is 22.4 Å². The number of aromatic nitrogens is 6. The predicted octanol–water partition coefficient (Wildman–Crippen LogP) is 4.04. The molecule has 0 fully saturated rings. The summed E-state index contributed by atoms with van der Waals surface area (Å²) in [6, 6.07) is 6.06. The molecule has 0 aromatic carbocycles. The first-order valence-electron chi connectivity index (χ1n) is 10.7. The molecule has 0 unspecified atom stereocenters. The lowest BCUT2D eigenvalue weighted by Crippen LogP contribution is -2.27. The number of pyridine rings is 2. The fraction of sp³-hybridized carbons (Fsp3) is 0.348. The highest BCUT2D eigenvalue weighted by molar-refractivity contribution is 5.78. The minimum atomic E-state index is -0.509. The predicted molar refractivity (Wildman–Crippen MR) is 121 cm³/mol. The van der Waals surface area contributed by atoms with Crippen molar-refractivity contribution in [3.8, 4) is 11.3 Å². The molecule has 0 aliphatic carbocycles. The van der Waals surface area contributed by atoms with Crippen LogP contribution in [0.15, 0.2) is 30.6 Å². The first-order chi connectivity index (χ1) is 15.4. The van der Waals surface area contributed by atoms with Crippen LogP contribution in [0.3, 0.4) is 0 Å². The van der Waals surface area contributed by atoms with Crippen LogP contribution in [-0.2, 0) is 13.0 Å². The van der Waals surface area contributed by atoms with Gasteiger partial charge >= 0.3 is 0 Å². The third-order valence-electron chi connectivity index (χ3n) is 5.74. The quantitative estimate of drug-likeness (QED) is 0.521. The molecule has 5 heterocycles. The Kier molecular flexibility index (Phi) is 5.05. The maximum atomic E-state index is 14.7. The summed E-state index contributed by atoms with van der Waals surface area (Å²) in [6.45, 7) is 7.97. The van der Waals surface area contributed by atoms with Crippen LogP contribution in [0.4, 0.5) is 16.2 Å². The van der Waals surface area contributed by atoms with E-state index in [1.54, 1.807) is 6.20 Å². The van der Waals surface area contributed by atoms with E-state index in [1.165, 1.54) is 11.8 Å². The van der Waals surface area contributed by atoms with E-state index in [9.17, 15) is 4.39 Å². The van der Waals surface area contributed by atoms with Crippen LogP contribution in [0.2, 0.25) is 0 Å². The van der Waals surface area contributed by atoms with Gasteiger partial charge in [-0.2, -0.15) is 0 Å². The molecule has 0 saturated carbocycles.